The average molecular weight is 249 g/mol. The topological polar surface area (TPSA) is 68.1 Å². The van der Waals surface area contributed by atoms with Crippen LogP contribution >= 0.6 is 0 Å². The van der Waals surface area contributed by atoms with Gasteiger partial charge in [-0.1, -0.05) is 6.07 Å². The maximum atomic E-state index is 10.5. The fraction of sp³-hybridized carbons (Fsp3) is 0.385. The van der Waals surface area contributed by atoms with Gasteiger partial charge in [-0.2, -0.15) is 0 Å². The summed E-state index contributed by atoms with van der Waals surface area (Å²) in [6.45, 7) is 0.444. The Kier molecular flexibility index (Phi) is 3.82. The van der Waals surface area contributed by atoms with Crippen LogP contribution in [0.5, 0.6) is 5.75 Å². The average Bonchev–Trinajstić information content (AvgIpc) is 2.85. The van der Waals surface area contributed by atoms with Crippen molar-refractivity contribution in [3.63, 3.8) is 0 Å². The molecule has 1 aliphatic rings. The van der Waals surface area contributed by atoms with Gasteiger partial charge in [-0.25, -0.2) is 4.99 Å². The highest BCUT2D eigenvalue weighted by atomic mass is 16.5. The second-order valence-electron chi connectivity index (χ2n) is 4.06. The molecule has 5 nitrogen and oxygen atoms in total. The molecule has 0 saturated heterocycles. The highest BCUT2D eigenvalue weighted by molar-refractivity contribution is 5.95. The van der Waals surface area contributed by atoms with Crippen LogP contribution in [0.3, 0.4) is 0 Å². The van der Waals surface area contributed by atoms with Crippen LogP contribution in [0.4, 0.5) is 0 Å². The summed E-state index contributed by atoms with van der Waals surface area (Å²) in [5.41, 5.74) is 0.854. The minimum absolute atomic E-state index is 0.0673. The van der Waals surface area contributed by atoms with Gasteiger partial charge in [0.15, 0.2) is 0 Å². The molecule has 1 atom stereocenters. The van der Waals surface area contributed by atoms with Crippen LogP contribution in [-0.4, -0.2) is 36.7 Å². The Morgan fingerprint density at radius 2 is 2.44 bits per heavy atom. The van der Waals surface area contributed by atoms with Crippen LogP contribution < -0.4 is 4.74 Å². The monoisotopic (exact) mass is 249 g/mol. The molecule has 1 aromatic rings. The van der Waals surface area contributed by atoms with Crippen LogP contribution in [0.25, 0.3) is 0 Å². The third kappa shape index (κ3) is 3.00. The molecule has 0 bridgehead atoms. The van der Waals surface area contributed by atoms with E-state index in [4.69, 9.17) is 14.6 Å². The largest absolute Gasteiger partial charge is 0.497 e. The molecule has 1 aliphatic heterocycles. The van der Waals surface area contributed by atoms with Gasteiger partial charge in [0.1, 0.15) is 12.4 Å². The molecule has 1 heterocycles. The molecule has 1 N–H and O–H groups in total. The molecular weight excluding hydrogens is 234 g/mol. The maximum Gasteiger partial charge on any atom is 0.303 e. The van der Waals surface area contributed by atoms with E-state index in [1.807, 2.05) is 24.3 Å². The first-order chi connectivity index (χ1) is 8.69. The van der Waals surface area contributed by atoms with Crippen molar-refractivity contribution in [3.8, 4) is 5.75 Å². The maximum absolute atomic E-state index is 10.5. The van der Waals surface area contributed by atoms with Crippen molar-refractivity contribution in [3.05, 3.63) is 29.8 Å². The Morgan fingerprint density at radius 1 is 1.61 bits per heavy atom. The van der Waals surface area contributed by atoms with E-state index in [1.54, 1.807) is 7.11 Å². The number of methoxy groups -OCH3 is 1. The van der Waals surface area contributed by atoms with E-state index in [-0.39, 0.29) is 12.5 Å². The summed E-state index contributed by atoms with van der Waals surface area (Å²) < 4.78 is 10.6. The number of ether oxygens (including phenoxy) is 2. The number of carboxylic acids is 1. The van der Waals surface area contributed by atoms with Gasteiger partial charge >= 0.3 is 5.97 Å². The number of aliphatic carboxylic acids is 1. The normalized spacial score (nSPS) is 18.1. The number of hydrogen-bond donors (Lipinski definition) is 1. The van der Waals surface area contributed by atoms with Crippen molar-refractivity contribution in [1.82, 2.24) is 0 Å². The van der Waals surface area contributed by atoms with E-state index >= 15 is 0 Å². The van der Waals surface area contributed by atoms with Gasteiger partial charge in [0.25, 0.3) is 0 Å². The van der Waals surface area contributed by atoms with Gasteiger partial charge in [0.2, 0.25) is 5.90 Å². The number of carbonyl (C=O) groups is 1. The van der Waals surface area contributed by atoms with E-state index in [0.717, 1.165) is 11.3 Å². The lowest BCUT2D eigenvalue weighted by molar-refractivity contribution is -0.137. The lowest BCUT2D eigenvalue weighted by atomic mass is 10.2. The third-order valence-electron chi connectivity index (χ3n) is 2.72. The van der Waals surface area contributed by atoms with Crippen LogP contribution in [0.15, 0.2) is 29.3 Å². The van der Waals surface area contributed by atoms with Gasteiger partial charge in [-0.3, -0.25) is 4.79 Å². The van der Waals surface area contributed by atoms with Gasteiger partial charge in [0, 0.05) is 12.0 Å². The highest BCUT2D eigenvalue weighted by Crippen LogP contribution is 2.19. The Labute approximate surface area is 105 Å². The molecule has 1 unspecified atom stereocenters. The Balaban J connectivity index is 2.05. The summed E-state index contributed by atoms with van der Waals surface area (Å²) in [6.07, 6.45) is 0.617. The number of benzene rings is 1. The minimum Gasteiger partial charge on any atom is -0.497 e. The molecule has 0 spiro atoms. The fourth-order valence-corrected chi connectivity index (χ4v) is 1.77. The molecule has 0 fully saturated rings. The first kappa shape index (κ1) is 12.4. The van der Waals surface area contributed by atoms with E-state index in [1.165, 1.54) is 0 Å². The zero-order chi connectivity index (χ0) is 13.0. The summed E-state index contributed by atoms with van der Waals surface area (Å²) >= 11 is 0. The lowest BCUT2D eigenvalue weighted by Gasteiger charge is -2.03. The van der Waals surface area contributed by atoms with Crippen LogP contribution in [0.1, 0.15) is 18.4 Å². The predicted molar refractivity (Wildman–Crippen MR) is 66.1 cm³/mol. The first-order valence-electron chi connectivity index (χ1n) is 5.76. The Morgan fingerprint density at radius 3 is 3.17 bits per heavy atom. The predicted octanol–water partition coefficient (Wildman–Crippen LogP) is 1.71. The molecule has 0 amide bonds. The van der Waals surface area contributed by atoms with Crippen molar-refractivity contribution >= 4 is 11.9 Å². The zero-order valence-corrected chi connectivity index (χ0v) is 10.1. The second-order valence-corrected chi connectivity index (χ2v) is 4.06. The molecular formula is C13H15NO4. The van der Waals surface area contributed by atoms with E-state index in [0.29, 0.717) is 18.9 Å². The quantitative estimate of drug-likeness (QED) is 0.862. The van der Waals surface area contributed by atoms with Crippen LogP contribution in [0, 0.1) is 0 Å². The van der Waals surface area contributed by atoms with Gasteiger partial charge < -0.3 is 14.6 Å². The van der Waals surface area contributed by atoms with Crippen LogP contribution in [0.2, 0.25) is 0 Å². The van der Waals surface area contributed by atoms with E-state index in [2.05, 4.69) is 4.99 Å². The Hall–Kier alpha value is -2.04. The van der Waals surface area contributed by atoms with Gasteiger partial charge in [0.05, 0.1) is 13.2 Å². The molecule has 0 saturated carbocycles. The SMILES string of the molecule is COc1cccc(C2=NC(CCC(=O)O)CO2)c1. The molecule has 5 heteroatoms. The molecule has 0 aliphatic carbocycles. The molecule has 1 aromatic carbocycles. The van der Waals surface area contributed by atoms with E-state index < -0.39 is 5.97 Å². The first-order valence-corrected chi connectivity index (χ1v) is 5.76. The van der Waals surface area contributed by atoms with Crippen LogP contribution in [-0.2, 0) is 9.53 Å². The molecule has 0 radical (unpaired) electrons. The van der Waals surface area contributed by atoms with Crippen molar-refractivity contribution in [2.24, 2.45) is 4.99 Å². The summed E-state index contributed by atoms with van der Waals surface area (Å²) in [5.74, 6) is 0.497. The van der Waals surface area contributed by atoms with Gasteiger partial charge in [-0.05, 0) is 24.6 Å². The summed E-state index contributed by atoms with van der Waals surface area (Å²) in [7, 11) is 1.60. The number of hydrogen-bond acceptors (Lipinski definition) is 4. The lowest BCUT2D eigenvalue weighted by Crippen LogP contribution is -2.08. The van der Waals surface area contributed by atoms with E-state index in [9.17, 15) is 4.79 Å². The standard InChI is InChI=1S/C13H15NO4/c1-17-11-4-2-3-9(7-11)13-14-10(8-18-13)5-6-12(15)16/h2-4,7,10H,5-6,8H2,1H3,(H,15,16). The van der Waals surface area contributed by atoms with Crippen molar-refractivity contribution < 1.29 is 19.4 Å². The molecule has 96 valence electrons. The van der Waals surface area contributed by atoms with Crippen molar-refractivity contribution in [2.75, 3.05) is 13.7 Å². The summed E-state index contributed by atoms with van der Waals surface area (Å²) in [6, 6.07) is 7.38. The summed E-state index contributed by atoms with van der Waals surface area (Å²) in [4.78, 5) is 14.9. The van der Waals surface area contributed by atoms with Crippen molar-refractivity contribution in [2.45, 2.75) is 18.9 Å². The molecule has 0 aromatic heterocycles. The zero-order valence-electron chi connectivity index (χ0n) is 10.1. The number of carboxylic acid groups (broad SMARTS) is 1. The Bertz CT molecular complexity index is 470. The number of nitrogens with zero attached hydrogens (tertiary/aromatic N) is 1. The van der Waals surface area contributed by atoms with Crippen molar-refractivity contribution in [1.29, 1.82) is 0 Å². The highest BCUT2D eigenvalue weighted by Gasteiger charge is 2.20. The third-order valence-corrected chi connectivity index (χ3v) is 2.72. The minimum atomic E-state index is -0.806. The number of rotatable bonds is 5. The summed E-state index contributed by atoms with van der Waals surface area (Å²) in [5, 5.41) is 8.62. The molecule has 18 heavy (non-hydrogen) atoms. The number of aliphatic imine (C=N–C) groups is 1. The second kappa shape index (κ2) is 5.53. The van der Waals surface area contributed by atoms with Gasteiger partial charge in [-0.15, -0.1) is 0 Å². The smallest absolute Gasteiger partial charge is 0.303 e. The molecule has 2 rings (SSSR count). The fourth-order valence-electron chi connectivity index (χ4n) is 1.77.